The summed E-state index contributed by atoms with van der Waals surface area (Å²) in [5, 5.41) is 0. The van der Waals surface area contributed by atoms with Crippen molar-refractivity contribution in [2.75, 3.05) is 13.6 Å². The molecule has 2 saturated heterocycles. The summed E-state index contributed by atoms with van der Waals surface area (Å²) in [5.74, 6) is -1.31. The highest BCUT2D eigenvalue weighted by Gasteiger charge is 2.72. The minimum atomic E-state index is -0.747. The van der Waals surface area contributed by atoms with Crippen molar-refractivity contribution in [2.24, 2.45) is 17.3 Å². The van der Waals surface area contributed by atoms with Crippen molar-refractivity contribution in [1.29, 1.82) is 0 Å². The summed E-state index contributed by atoms with van der Waals surface area (Å²) in [6, 6.07) is 7.52. The highest BCUT2D eigenvalue weighted by Crippen LogP contribution is 2.62. The van der Waals surface area contributed by atoms with E-state index in [0.29, 0.717) is 12.1 Å². The largest absolute Gasteiger partial charge is 0.327 e. The topological polar surface area (TPSA) is 57.7 Å². The molecule has 5 nitrogen and oxygen atoms in total. The number of carbonyl (C=O) groups excluding carboxylic acids is 3. The van der Waals surface area contributed by atoms with Gasteiger partial charge in [-0.3, -0.25) is 19.3 Å². The Hall–Kier alpha value is -2.17. The zero-order valence-corrected chi connectivity index (χ0v) is 13.8. The van der Waals surface area contributed by atoms with Gasteiger partial charge < -0.3 is 4.90 Å². The van der Waals surface area contributed by atoms with Crippen LogP contribution in [0.25, 0.3) is 0 Å². The van der Waals surface area contributed by atoms with Crippen LogP contribution in [0, 0.1) is 17.3 Å². The molecule has 3 aliphatic heterocycles. The Morgan fingerprint density at radius 3 is 2.39 bits per heavy atom. The van der Waals surface area contributed by atoms with Gasteiger partial charge in [-0.25, -0.2) is 0 Å². The lowest BCUT2D eigenvalue weighted by Gasteiger charge is -2.47. The molecule has 0 spiro atoms. The molecular weight excluding hydrogens is 292 g/mol. The molecule has 2 fully saturated rings. The summed E-state index contributed by atoms with van der Waals surface area (Å²) >= 11 is 0. The van der Waals surface area contributed by atoms with Crippen molar-refractivity contribution in [2.45, 2.75) is 26.3 Å². The zero-order chi connectivity index (χ0) is 16.7. The third kappa shape index (κ3) is 1.37. The Morgan fingerprint density at radius 1 is 1.09 bits per heavy atom. The van der Waals surface area contributed by atoms with Gasteiger partial charge in [0.2, 0.25) is 11.8 Å². The standard InChI is InChI=1S/C18H20N2O3/c1-17(2,3)18-12-8-6-5-7-10(12)15(22)20(18)9-11-13(18)16(23)19(4)14(11)21/h5-8,11,13H,9H2,1-4H3. The van der Waals surface area contributed by atoms with Gasteiger partial charge in [0.15, 0.2) is 0 Å². The van der Waals surface area contributed by atoms with Gasteiger partial charge >= 0.3 is 0 Å². The molecule has 1 aromatic carbocycles. The smallest absolute Gasteiger partial charge is 0.255 e. The molecule has 3 unspecified atom stereocenters. The molecule has 0 N–H and O–H groups in total. The van der Waals surface area contributed by atoms with Crippen LogP contribution >= 0.6 is 0 Å². The Labute approximate surface area is 135 Å². The number of nitrogens with zero attached hydrogens (tertiary/aromatic N) is 2. The van der Waals surface area contributed by atoms with Crippen LogP contribution in [0.4, 0.5) is 0 Å². The van der Waals surface area contributed by atoms with Crippen LogP contribution in [0.15, 0.2) is 24.3 Å². The van der Waals surface area contributed by atoms with Gasteiger partial charge in [-0.05, 0) is 17.0 Å². The minimum absolute atomic E-state index is 0.0619. The zero-order valence-electron chi connectivity index (χ0n) is 13.8. The number of hydrogen-bond donors (Lipinski definition) is 0. The molecule has 0 aliphatic carbocycles. The summed E-state index contributed by atoms with van der Waals surface area (Å²) in [4.78, 5) is 41.3. The van der Waals surface area contributed by atoms with Gasteiger partial charge in [-0.15, -0.1) is 0 Å². The monoisotopic (exact) mass is 312 g/mol. The minimum Gasteiger partial charge on any atom is -0.327 e. The van der Waals surface area contributed by atoms with Gasteiger partial charge in [-0.2, -0.15) is 0 Å². The fraction of sp³-hybridized carbons (Fsp3) is 0.500. The highest BCUT2D eigenvalue weighted by molar-refractivity contribution is 6.10. The second-order valence-corrected chi connectivity index (χ2v) is 7.80. The van der Waals surface area contributed by atoms with Crippen molar-refractivity contribution in [1.82, 2.24) is 9.80 Å². The summed E-state index contributed by atoms with van der Waals surface area (Å²) < 4.78 is 0. The SMILES string of the molecule is CN1C(=O)C2CN3C(=O)c4ccccc4C3(C(C)(C)C)C2C1=O. The number of amides is 3. The van der Waals surface area contributed by atoms with Crippen LogP contribution in [0.2, 0.25) is 0 Å². The number of likely N-dealkylation sites (tertiary alicyclic amines) is 1. The van der Waals surface area contributed by atoms with Crippen LogP contribution in [-0.4, -0.2) is 41.1 Å². The van der Waals surface area contributed by atoms with E-state index in [1.54, 1.807) is 11.9 Å². The maximum absolute atomic E-state index is 12.9. The molecule has 1 aromatic rings. The third-order valence-electron chi connectivity index (χ3n) is 5.86. The molecule has 0 saturated carbocycles. The second-order valence-electron chi connectivity index (χ2n) is 7.80. The predicted octanol–water partition coefficient (Wildman–Crippen LogP) is 1.63. The van der Waals surface area contributed by atoms with Gasteiger partial charge in [0.05, 0.1) is 17.4 Å². The van der Waals surface area contributed by atoms with Crippen LogP contribution < -0.4 is 0 Å². The summed E-state index contributed by atoms with van der Waals surface area (Å²) in [6.45, 7) is 6.47. The Balaban J connectivity index is 2.05. The lowest BCUT2D eigenvalue weighted by atomic mass is 9.62. The first-order valence-corrected chi connectivity index (χ1v) is 7.96. The van der Waals surface area contributed by atoms with Crippen LogP contribution in [0.3, 0.4) is 0 Å². The number of rotatable bonds is 0. The first-order valence-electron chi connectivity index (χ1n) is 7.96. The third-order valence-corrected chi connectivity index (χ3v) is 5.86. The lowest BCUT2D eigenvalue weighted by Crippen LogP contribution is -2.54. The summed E-state index contributed by atoms with van der Waals surface area (Å²) in [5.41, 5.74) is 0.440. The molecule has 23 heavy (non-hydrogen) atoms. The Morgan fingerprint density at radius 2 is 1.74 bits per heavy atom. The maximum atomic E-state index is 12.9. The second kappa shape index (κ2) is 4.02. The predicted molar refractivity (Wildman–Crippen MR) is 83.4 cm³/mol. The van der Waals surface area contributed by atoms with Gasteiger partial charge in [0.25, 0.3) is 5.91 Å². The average Bonchev–Trinajstić information content (AvgIpc) is 3.05. The summed E-state index contributed by atoms with van der Waals surface area (Å²) in [7, 11) is 1.55. The van der Waals surface area contributed by atoms with Crippen molar-refractivity contribution in [3.63, 3.8) is 0 Å². The number of benzene rings is 1. The first-order chi connectivity index (χ1) is 10.7. The van der Waals surface area contributed by atoms with E-state index in [0.717, 1.165) is 5.56 Å². The average molecular weight is 312 g/mol. The van der Waals surface area contributed by atoms with Gasteiger partial charge in [0.1, 0.15) is 0 Å². The van der Waals surface area contributed by atoms with E-state index in [-0.39, 0.29) is 23.1 Å². The molecular formula is C18H20N2O3. The maximum Gasteiger partial charge on any atom is 0.255 e. The van der Waals surface area contributed by atoms with Crippen molar-refractivity contribution in [3.8, 4) is 0 Å². The molecule has 3 aliphatic rings. The Kier molecular flexibility index (Phi) is 2.52. The van der Waals surface area contributed by atoms with E-state index in [2.05, 4.69) is 0 Å². The van der Waals surface area contributed by atoms with Crippen LogP contribution in [0.1, 0.15) is 36.7 Å². The van der Waals surface area contributed by atoms with E-state index >= 15 is 0 Å². The number of imide groups is 1. The van der Waals surface area contributed by atoms with Crippen molar-refractivity contribution in [3.05, 3.63) is 35.4 Å². The lowest BCUT2D eigenvalue weighted by molar-refractivity contribution is -0.141. The highest BCUT2D eigenvalue weighted by atomic mass is 16.2. The van der Waals surface area contributed by atoms with E-state index in [1.165, 1.54) is 4.90 Å². The van der Waals surface area contributed by atoms with Gasteiger partial charge in [-0.1, -0.05) is 39.0 Å². The van der Waals surface area contributed by atoms with Gasteiger partial charge in [0, 0.05) is 19.2 Å². The van der Waals surface area contributed by atoms with E-state index in [1.807, 2.05) is 45.0 Å². The molecule has 120 valence electrons. The van der Waals surface area contributed by atoms with E-state index in [4.69, 9.17) is 0 Å². The fourth-order valence-electron chi connectivity index (χ4n) is 5.02. The molecule has 4 rings (SSSR count). The molecule has 5 heteroatoms. The Bertz CT molecular complexity index is 764. The summed E-state index contributed by atoms with van der Waals surface area (Å²) in [6.07, 6.45) is 0. The fourth-order valence-corrected chi connectivity index (χ4v) is 5.02. The van der Waals surface area contributed by atoms with Crippen LogP contribution in [0.5, 0.6) is 0 Å². The number of hydrogen-bond acceptors (Lipinski definition) is 3. The molecule has 0 bridgehead atoms. The van der Waals surface area contributed by atoms with Crippen molar-refractivity contribution < 1.29 is 14.4 Å². The normalized spacial score (nSPS) is 32.4. The number of carbonyl (C=O) groups is 3. The number of fused-ring (bicyclic) bond motifs is 5. The first kappa shape index (κ1) is 14.4. The molecule has 3 amide bonds. The van der Waals surface area contributed by atoms with Crippen molar-refractivity contribution >= 4 is 17.7 Å². The van der Waals surface area contributed by atoms with Crippen LogP contribution in [-0.2, 0) is 15.1 Å². The van der Waals surface area contributed by atoms with E-state index < -0.39 is 17.4 Å². The molecule has 0 radical (unpaired) electrons. The quantitative estimate of drug-likeness (QED) is 0.684. The molecule has 3 heterocycles. The molecule has 3 atom stereocenters. The molecule has 0 aromatic heterocycles. The van der Waals surface area contributed by atoms with E-state index in [9.17, 15) is 14.4 Å².